The summed E-state index contributed by atoms with van der Waals surface area (Å²) in [5.74, 6) is 2.06. The van der Waals surface area contributed by atoms with E-state index in [1.54, 1.807) is 0 Å². The number of hydrogen-bond donors (Lipinski definition) is 2. The van der Waals surface area contributed by atoms with Crippen LogP contribution in [0.25, 0.3) is 0 Å². The molecule has 0 amide bonds. The predicted molar refractivity (Wildman–Crippen MR) is 78.9 cm³/mol. The number of hydrogen-bond acceptors (Lipinski definition) is 5. The van der Waals surface area contributed by atoms with Crippen molar-refractivity contribution in [1.29, 1.82) is 0 Å². The zero-order chi connectivity index (χ0) is 14.4. The highest BCUT2D eigenvalue weighted by Crippen LogP contribution is 2.34. The third kappa shape index (κ3) is 3.82. The Balaban J connectivity index is 2.03. The number of nitrogens with one attached hydrogen (secondary N) is 1. The fraction of sp³-hybridized carbons (Fsp3) is 0.733. The molecule has 1 aliphatic rings. The topological polar surface area (TPSA) is 67.3 Å². The van der Waals surface area contributed by atoms with Gasteiger partial charge in [-0.05, 0) is 38.0 Å². The molecule has 0 radical (unpaired) electrons. The molecule has 1 aliphatic carbocycles. The lowest BCUT2D eigenvalue weighted by atomic mass is 9.77. The molecule has 1 aromatic rings. The van der Waals surface area contributed by atoms with E-state index >= 15 is 0 Å². The summed E-state index contributed by atoms with van der Waals surface area (Å²) in [7, 11) is 0. The lowest BCUT2D eigenvalue weighted by molar-refractivity contribution is 0.155. The number of nitrogens with zero attached hydrogens (tertiary/aromatic N) is 2. The molecule has 1 heterocycles. The zero-order valence-corrected chi connectivity index (χ0v) is 12.4. The number of anilines is 1. The average Bonchev–Trinajstić information content (AvgIpc) is 2.48. The average molecular weight is 279 g/mol. The fourth-order valence-corrected chi connectivity index (χ4v) is 2.60. The molecule has 0 bridgehead atoms. The molecule has 1 fully saturated rings. The Labute approximate surface area is 120 Å². The molecule has 112 valence electrons. The minimum absolute atomic E-state index is 0.134. The number of aliphatic hydroxyl groups excluding tert-OH is 1. The van der Waals surface area contributed by atoms with Crippen LogP contribution in [0.2, 0.25) is 0 Å². The molecule has 0 aromatic carbocycles. The first-order valence-electron chi connectivity index (χ1n) is 7.51. The van der Waals surface area contributed by atoms with E-state index in [1.807, 2.05) is 6.07 Å². The molecule has 1 saturated carbocycles. The first kappa shape index (κ1) is 15.0. The van der Waals surface area contributed by atoms with Gasteiger partial charge >= 0.3 is 0 Å². The van der Waals surface area contributed by atoms with Gasteiger partial charge < -0.3 is 15.2 Å². The van der Waals surface area contributed by atoms with Crippen molar-refractivity contribution in [3.05, 3.63) is 12.4 Å². The predicted octanol–water partition coefficient (Wildman–Crippen LogP) is 2.62. The van der Waals surface area contributed by atoms with Crippen LogP contribution in [-0.2, 0) is 0 Å². The van der Waals surface area contributed by atoms with Crippen LogP contribution >= 0.6 is 0 Å². The zero-order valence-electron chi connectivity index (χ0n) is 12.4. The first-order chi connectivity index (χ1) is 9.67. The maximum absolute atomic E-state index is 9.76. The Morgan fingerprint density at radius 2 is 2.15 bits per heavy atom. The first-order valence-corrected chi connectivity index (χ1v) is 7.51. The lowest BCUT2D eigenvalue weighted by Crippen LogP contribution is -2.45. The van der Waals surface area contributed by atoms with Gasteiger partial charge in [0.25, 0.3) is 0 Å². The largest absolute Gasteiger partial charge is 0.478 e. The van der Waals surface area contributed by atoms with Gasteiger partial charge in [0.2, 0.25) is 5.88 Å². The van der Waals surface area contributed by atoms with Crippen LogP contribution < -0.4 is 10.1 Å². The van der Waals surface area contributed by atoms with Crippen LogP contribution in [0.15, 0.2) is 12.4 Å². The number of ether oxygens (including phenoxy) is 1. The van der Waals surface area contributed by atoms with Crippen LogP contribution in [0.1, 0.15) is 46.0 Å². The molecule has 5 nitrogen and oxygen atoms in total. The second-order valence-electron chi connectivity index (χ2n) is 5.84. The van der Waals surface area contributed by atoms with Crippen molar-refractivity contribution in [2.45, 2.75) is 51.5 Å². The Morgan fingerprint density at radius 1 is 1.40 bits per heavy atom. The summed E-state index contributed by atoms with van der Waals surface area (Å²) < 4.78 is 5.51. The lowest BCUT2D eigenvalue weighted by Gasteiger charge is -2.39. The molecule has 1 aromatic heterocycles. The Hall–Kier alpha value is -1.36. The molecule has 0 aliphatic heterocycles. The number of aromatic nitrogens is 2. The van der Waals surface area contributed by atoms with Crippen molar-refractivity contribution in [3.8, 4) is 5.88 Å². The van der Waals surface area contributed by atoms with E-state index in [-0.39, 0.29) is 12.1 Å². The summed E-state index contributed by atoms with van der Waals surface area (Å²) in [4.78, 5) is 8.34. The van der Waals surface area contributed by atoms with Gasteiger partial charge in [-0.3, -0.25) is 0 Å². The second-order valence-corrected chi connectivity index (χ2v) is 5.84. The van der Waals surface area contributed by atoms with Crippen LogP contribution in [0.3, 0.4) is 0 Å². The van der Waals surface area contributed by atoms with Gasteiger partial charge in [0.15, 0.2) is 0 Å². The molecular formula is C15H25N3O2. The van der Waals surface area contributed by atoms with E-state index in [1.165, 1.54) is 6.33 Å². The maximum Gasteiger partial charge on any atom is 0.218 e. The van der Waals surface area contributed by atoms with Crippen LogP contribution in [-0.4, -0.2) is 33.8 Å². The quantitative estimate of drug-likeness (QED) is 0.838. The van der Waals surface area contributed by atoms with Crippen molar-refractivity contribution in [2.75, 3.05) is 18.5 Å². The maximum atomic E-state index is 9.76. The SMILES string of the molecule is CCCOc1cc(NC2(CO)CCC(C)CC2)ncn1. The van der Waals surface area contributed by atoms with Crippen molar-refractivity contribution in [2.24, 2.45) is 5.92 Å². The molecule has 0 unspecified atom stereocenters. The molecular weight excluding hydrogens is 254 g/mol. The highest BCUT2D eigenvalue weighted by Gasteiger charge is 2.33. The highest BCUT2D eigenvalue weighted by atomic mass is 16.5. The van der Waals surface area contributed by atoms with E-state index in [0.717, 1.165) is 43.8 Å². The number of rotatable bonds is 6. The Morgan fingerprint density at radius 3 is 2.80 bits per heavy atom. The third-order valence-corrected chi connectivity index (χ3v) is 4.02. The van der Waals surface area contributed by atoms with Gasteiger partial charge in [0.05, 0.1) is 18.8 Å². The van der Waals surface area contributed by atoms with Crippen LogP contribution in [0, 0.1) is 5.92 Å². The monoisotopic (exact) mass is 279 g/mol. The standard InChI is InChI=1S/C15H25N3O2/c1-3-8-20-14-9-13(16-11-17-14)18-15(10-19)6-4-12(2)5-7-15/h9,11-12,19H,3-8,10H2,1-2H3,(H,16,17,18). The minimum Gasteiger partial charge on any atom is -0.478 e. The minimum atomic E-state index is -0.247. The van der Waals surface area contributed by atoms with E-state index in [2.05, 4.69) is 29.1 Å². The van der Waals surface area contributed by atoms with E-state index < -0.39 is 0 Å². The number of aliphatic hydroxyl groups is 1. The summed E-state index contributed by atoms with van der Waals surface area (Å²) in [6.07, 6.45) is 6.67. The van der Waals surface area contributed by atoms with E-state index in [9.17, 15) is 5.11 Å². The van der Waals surface area contributed by atoms with E-state index in [4.69, 9.17) is 4.74 Å². The summed E-state index contributed by atoms with van der Waals surface area (Å²) >= 11 is 0. The molecule has 20 heavy (non-hydrogen) atoms. The van der Waals surface area contributed by atoms with Crippen molar-refractivity contribution in [1.82, 2.24) is 9.97 Å². The van der Waals surface area contributed by atoms with Crippen molar-refractivity contribution >= 4 is 5.82 Å². The molecule has 2 rings (SSSR count). The molecule has 0 spiro atoms. The normalized spacial score (nSPS) is 26.2. The molecule has 0 atom stereocenters. The van der Waals surface area contributed by atoms with Gasteiger partial charge in [-0.1, -0.05) is 13.8 Å². The summed E-state index contributed by atoms with van der Waals surface area (Å²) in [5, 5.41) is 13.2. The molecule has 2 N–H and O–H groups in total. The van der Waals surface area contributed by atoms with E-state index in [0.29, 0.717) is 12.5 Å². The van der Waals surface area contributed by atoms with Gasteiger partial charge in [0.1, 0.15) is 12.1 Å². The Kier molecular flexibility index (Phi) is 5.17. The molecule has 5 heteroatoms. The Bertz CT molecular complexity index is 417. The van der Waals surface area contributed by atoms with Gasteiger partial charge in [-0.15, -0.1) is 0 Å². The van der Waals surface area contributed by atoms with Crippen LogP contribution in [0.5, 0.6) is 5.88 Å². The van der Waals surface area contributed by atoms with Gasteiger partial charge in [-0.2, -0.15) is 0 Å². The van der Waals surface area contributed by atoms with Crippen molar-refractivity contribution in [3.63, 3.8) is 0 Å². The third-order valence-electron chi connectivity index (χ3n) is 4.02. The van der Waals surface area contributed by atoms with Crippen LogP contribution in [0.4, 0.5) is 5.82 Å². The fourth-order valence-electron chi connectivity index (χ4n) is 2.60. The highest BCUT2D eigenvalue weighted by molar-refractivity contribution is 5.40. The summed E-state index contributed by atoms with van der Waals surface area (Å²) in [6.45, 7) is 5.11. The smallest absolute Gasteiger partial charge is 0.218 e. The molecule has 0 saturated heterocycles. The van der Waals surface area contributed by atoms with Gasteiger partial charge in [-0.25, -0.2) is 9.97 Å². The summed E-state index contributed by atoms with van der Waals surface area (Å²) in [6, 6.07) is 1.81. The van der Waals surface area contributed by atoms with Crippen molar-refractivity contribution < 1.29 is 9.84 Å². The summed E-state index contributed by atoms with van der Waals surface area (Å²) in [5.41, 5.74) is -0.247. The van der Waals surface area contributed by atoms with Gasteiger partial charge in [0, 0.05) is 6.07 Å². The second kappa shape index (κ2) is 6.88.